The predicted octanol–water partition coefficient (Wildman–Crippen LogP) is 1.45. The number of nitrogens with zero attached hydrogens (tertiary/aromatic N) is 2. The lowest BCUT2D eigenvalue weighted by atomic mass is 10.3. The SMILES string of the molecule is C=Cn1c2cccccc-2nc1=O. The predicted molar refractivity (Wildman–Crippen MR) is 51.5 cm³/mol. The van der Waals surface area contributed by atoms with Gasteiger partial charge in [-0.3, -0.25) is 4.57 Å². The van der Waals surface area contributed by atoms with Crippen molar-refractivity contribution in [1.29, 1.82) is 0 Å². The minimum Gasteiger partial charge on any atom is -0.266 e. The zero-order chi connectivity index (χ0) is 9.26. The average Bonchev–Trinajstić information content (AvgIpc) is 2.32. The van der Waals surface area contributed by atoms with Gasteiger partial charge >= 0.3 is 5.69 Å². The van der Waals surface area contributed by atoms with Gasteiger partial charge in [0.2, 0.25) is 0 Å². The molecule has 0 atom stereocenters. The Kier molecular flexibility index (Phi) is 1.70. The van der Waals surface area contributed by atoms with Gasteiger partial charge < -0.3 is 0 Å². The van der Waals surface area contributed by atoms with E-state index in [2.05, 4.69) is 11.6 Å². The summed E-state index contributed by atoms with van der Waals surface area (Å²) in [5.74, 6) is 0. The Morgan fingerprint density at radius 2 is 2.08 bits per heavy atom. The van der Waals surface area contributed by atoms with Gasteiger partial charge in [-0.1, -0.05) is 24.8 Å². The Morgan fingerprint density at radius 1 is 1.31 bits per heavy atom. The summed E-state index contributed by atoms with van der Waals surface area (Å²) in [5, 5.41) is 0. The molecule has 0 radical (unpaired) electrons. The van der Waals surface area contributed by atoms with Crippen LogP contribution >= 0.6 is 0 Å². The van der Waals surface area contributed by atoms with E-state index in [1.807, 2.05) is 24.3 Å². The maximum atomic E-state index is 11.3. The summed E-state index contributed by atoms with van der Waals surface area (Å²) in [6.07, 6.45) is 1.47. The molecule has 0 unspecified atom stereocenters. The monoisotopic (exact) mass is 172 g/mol. The number of aromatic nitrogens is 2. The van der Waals surface area contributed by atoms with Crippen LogP contribution in [0.5, 0.6) is 0 Å². The largest absolute Gasteiger partial charge is 0.352 e. The minimum absolute atomic E-state index is 0.281. The molecule has 2 rings (SSSR count). The first kappa shape index (κ1) is 7.73. The molecule has 1 aliphatic carbocycles. The Morgan fingerprint density at radius 3 is 2.85 bits per heavy atom. The van der Waals surface area contributed by atoms with Gasteiger partial charge in [0.25, 0.3) is 0 Å². The van der Waals surface area contributed by atoms with E-state index >= 15 is 0 Å². The fraction of sp³-hybridized carbons (Fsp3) is 0. The Balaban J connectivity index is 2.87. The molecule has 0 N–H and O–H groups in total. The molecule has 0 aromatic carbocycles. The second-order valence-electron chi connectivity index (χ2n) is 2.63. The summed E-state index contributed by atoms with van der Waals surface area (Å²) in [7, 11) is 0. The van der Waals surface area contributed by atoms with Gasteiger partial charge in [0.15, 0.2) is 0 Å². The van der Waals surface area contributed by atoms with Gasteiger partial charge in [-0.05, 0) is 12.1 Å². The number of imidazole rings is 1. The molecule has 0 amide bonds. The summed E-state index contributed by atoms with van der Waals surface area (Å²) < 4.78 is 1.43. The van der Waals surface area contributed by atoms with Gasteiger partial charge in [-0.2, -0.15) is 4.98 Å². The number of hydrogen-bond donors (Lipinski definition) is 0. The Bertz CT molecular complexity index is 473. The van der Waals surface area contributed by atoms with Gasteiger partial charge in [0.05, 0.1) is 11.4 Å². The van der Waals surface area contributed by atoms with Crippen molar-refractivity contribution in [2.45, 2.75) is 0 Å². The lowest BCUT2D eigenvalue weighted by Gasteiger charge is -1.93. The summed E-state index contributed by atoms with van der Waals surface area (Å²) in [6.45, 7) is 3.56. The molecule has 0 spiro atoms. The van der Waals surface area contributed by atoms with E-state index in [1.165, 1.54) is 10.8 Å². The molecule has 0 saturated heterocycles. The first-order valence-corrected chi connectivity index (χ1v) is 3.93. The third kappa shape index (κ3) is 1.14. The van der Waals surface area contributed by atoms with Gasteiger partial charge in [0.1, 0.15) is 0 Å². The molecular weight excluding hydrogens is 164 g/mol. The summed E-state index contributed by atoms with van der Waals surface area (Å²) in [5.41, 5.74) is 1.19. The molecule has 0 saturated carbocycles. The quantitative estimate of drug-likeness (QED) is 0.652. The second-order valence-corrected chi connectivity index (χ2v) is 2.63. The van der Waals surface area contributed by atoms with Crippen LogP contribution in [0.2, 0.25) is 0 Å². The number of rotatable bonds is 1. The van der Waals surface area contributed by atoms with Crippen LogP contribution in [0.4, 0.5) is 0 Å². The topological polar surface area (TPSA) is 34.9 Å². The van der Waals surface area contributed by atoms with Crippen molar-refractivity contribution in [2.24, 2.45) is 0 Å². The van der Waals surface area contributed by atoms with Crippen LogP contribution in [0.1, 0.15) is 0 Å². The van der Waals surface area contributed by atoms with Crippen molar-refractivity contribution >= 4 is 6.20 Å². The van der Waals surface area contributed by atoms with Crippen LogP contribution in [-0.4, -0.2) is 9.55 Å². The van der Waals surface area contributed by atoms with Crippen LogP contribution in [-0.2, 0) is 0 Å². The van der Waals surface area contributed by atoms with E-state index in [0.29, 0.717) is 5.69 Å². The van der Waals surface area contributed by atoms with Gasteiger partial charge in [-0.25, -0.2) is 4.79 Å². The standard InChI is InChI=1S/C10H8N2O/c1-2-12-9-7-5-3-4-6-8(9)11-10(12)13/h2-7H,1H2. The van der Waals surface area contributed by atoms with Crippen molar-refractivity contribution in [3.8, 4) is 11.4 Å². The highest BCUT2D eigenvalue weighted by atomic mass is 16.1. The smallest absolute Gasteiger partial charge is 0.266 e. The molecule has 0 aromatic rings. The van der Waals surface area contributed by atoms with Gasteiger partial charge in [-0.15, -0.1) is 0 Å². The van der Waals surface area contributed by atoms with E-state index in [0.717, 1.165) is 5.69 Å². The third-order valence-corrected chi connectivity index (χ3v) is 1.86. The van der Waals surface area contributed by atoms with Crippen LogP contribution in [0.25, 0.3) is 17.6 Å². The number of fused-ring (bicyclic) bond motifs is 1. The summed E-state index contributed by atoms with van der Waals surface area (Å²) in [4.78, 5) is 15.1. The molecule has 13 heavy (non-hydrogen) atoms. The Labute approximate surface area is 75.3 Å². The van der Waals surface area contributed by atoms with Crippen molar-refractivity contribution in [2.75, 3.05) is 0 Å². The molecule has 1 heterocycles. The molecular formula is C10H8N2O. The van der Waals surface area contributed by atoms with Crippen molar-refractivity contribution in [3.05, 3.63) is 47.4 Å². The van der Waals surface area contributed by atoms with Crippen molar-refractivity contribution in [1.82, 2.24) is 9.55 Å². The molecule has 2 aliphatic rings. The third-order valence-electron chi connectivity index (χ3n) is 1.86. The molecule has 1 aliphatic heterocycles. The second kappa shape index (κ2) is 2.86. The zero-order valence-electron chi connectivity index (χ0n) is 6.97. The van der Waals surface area contributed by atoms with Crippen LogP contribution in [0.3, 0.4) is 0 Å². The lowest BCUT2D eigenvalue weighted by Crippen LogP contribution is -2.10. The first-order valence-electron chi connectivity index (χ1n) is 3.93. The molecule has 64 valence electrons. The van der Waals surface area contributed by atoms with E-state index in [-0.39, 0.29) is 5.69 Å². The van der Waals surface area contributed by atoms with Crippen LogP contribution in [0.15, 0.2) is 41.7 Å². The molecule has 0 aromatic heterocycles. The van der Waals surface area contributed by atoms with Crippen molar-refractivity contribution in [3.63, 3.8) is 0 Å². The fourth-order valence-electron chi connectivity index (χ4n) is 1.26. The fourth-order valence-corrected chi connectivity index (χ4v) is 1.26. The van der Waals surface area contributed by atoms with E-state index in [4.69, 9.17) is 0 Å². The maximum absolute atomic E-state index is 11.3. The van der Waals surface area contributed by atoms with Crippen LogP contribution < -0.4 is 5.69 Å². The normalized spacial score (nSPS) is 10.2. The summed E-state index contributed by atoms with van der Waals surface area (Å²) >= 11 is 0. The highest BCUT2D eigenvalue weighted by Gasteiger charge is 2.08. The molecule has 3 nitrogen and oxygen atoms in total. The molecule has 0 bridgehead atoms. The number of hydrogen-bond acceptors (Lipinski definition) is 2. The minimum atomic E-state index is -0.281. The Hall–Kier alpha value is -1.90. The first-order chi connectivity index (χ1) is 6.33. The zero-order valence-corrected chi connectivity index (χ0v) is 6.97. The maximum Gasteiger partial charge on any atom is 0.352 e. The lowest BCUT2D eigenvalue weighted by molar-refractivity contribution is 1.07. The molecule has 0 fully saturated rings. The highest BCUT2D eigenvalue weighted by molar-refractivity contribution is 5.58. The molecule has 3 heteroatoms. The summed E-state index contributed by atoms with van der Waals surface area (Å²) in [6, 6.07) is 9.24. The van der Waals surface area contributed by atoms with E-state index in [9.17, 15) is 4.79 Å². The van der Waals surface area contributed by atoms with Crippen molar-refractivity contribution < 1.29 is 0 Å². The van der Waals surface area contributed by atoms with Gasteiger partial charge in [0, 0.05) is 6.20 Å². The van der Waals surface area contributed by atoms with E-state index in [1.54, 1.807) is 6.07 Å². The highest BCUT2D eigenvalue weighted by Crippen LogP contribution is 2.15. The average molecular weight is 172 g/mol. The van der Waals surface area contributed by atoms with E-state index < -0.39 is 0 Å². The van der Waals surface area contributed by atoms with Crippen LogP contribution in [0, 0.1) is 0 Å².